The van der Waals surface area contributed by atoms with Gasteiger partial charge in [0, 0.05) is 31.1 Å². The lowest BCUT2D eigenvalue weighted by molar-refractivity contribution is 0.198. The van der Waals surface area contributed by atoms with Crippen LogP contribution in [0.15, 0.2) is 18.3 Å². The highest BCUT2D eigenvalue weighted by Gasteiger charge is 2.26. The summed E-state index contributed by atoms with van der Waals surface area (Å²) in [6, 6.07) is 4.07. The van der Waals surface area contributed by atoms with Crippen LogP contribution in [0.25, 0.3) is 5.65 Å². The Morgan fingerprint density at radius 3 is 2.50 bits per heavy atom. The average Bonchev–Trinajstić information content (AvgIpc) is 3.20. The first-order valence-electron chi connectivity index (χ1n) is 9.20. The van der Waals surface area contributed by atoms with Crippen LogP contribution in [0.5, 0.6) is 0 Å². The SMILES string of the molecule is Cn1cc(CN2CCC(c3nnc4ccc(C(C)(C)C)nn34)CC2)nn1. The molecule has 4 heterocycles. The quantitative estimate of drug-likeness (QED) is 0.715. The molecule has 138 valence electrons. The largest absolute Gasteiger partial charge is 0.297 e. The van der Waals surface area contributed by atoms with Crippen molar-refractivity contribution in [3.05, 3.63) is 35.5 Å². The van der Waals surface area contributed by atoms with E-state index in [-0.39, 0.29) is 5.41 Å². The minimum Gasteiger partial charge on any atom is -0.297 e. The predicted octanol–water partition coefficient (Wildman–Crippen LogP) is 1.93. The molecule has 1 aliphatic heterocycles. The Kier molecular flexibility index (Phi) is 4.22. The second kappa shape index (κ2) is 6.42. The van der Waals surface area contributed by atoms with E-state index in [1.54, 1.807) is 4.68 Å². The zero-order chi connectivity index (χ0) is 18.3. The second-order valence-corrected chi connectivity index (χ2v) is 8.23. The van der Waals surface area contributed by atoms with Crippen molar-refractivity contribution in [3.8, 4) is 0 Å². The molecule has 0 atom stereocenters. The third-order valence-electron chi connectivity index (χ3n) is 5.04. The molecule has 1 saturated heterocycles. The first kappa shape index (κ1) is 17.1. The molecule has 0 amide bonds. The molecule has 0 bridgehead atoms. The molecule has 0 radical (unpaired) electrons. The van der Waals surface area contributed by atoms with E-state index in [2.05, 4.69) is 52.2 Å². The van der Waals surface area contributed by atoms with E-state index >= 15 is 0 Å². The lowest BCUT2D eigenvalue weighted by Gasteiger charge is -2.30. The van der Waals surface area contributed by atoms with E-state index < -0.39 is 0 Å². The fraction of sp³-hybridized carbons (Fsp3) is 0.611. The van der Waals surface area contributed by atoms with E-state index in [1.165, 1.54) is 0 Å². The Morgan fingerprint density at radius 1 is 1.08 bits per heavy atom. The van der Waals surface area contributed by atoms with Crippen LogP contribution in [-0.2, 0) is 19.0 Å². The average molecular weight is 354 g/mol. The second-order valence-electron chi connectivity index (χ2n) is 8.23. The standard InChI is InChI=1S/C18H26N8/c1-18(2,3)15-5-6-16-20-21-17(26(16)22-15)13-7-9-25(10-8-13)12-14-11-24(4)23-19-14/h5-6,11,13H,7-10,12H2,1-4H3. The van der Waals surface area contributed by atoms with Gasteiger partial charge in [-0.3, -0.25) is 9.58 Å². The smallest absolute Gasteiger partial charge is 0.177 e. The highest BCUT2D eigenvalue weighted by Crippen LogP contribution is 2.28. The van der Waals surface area contributed by atoms with E-state index in [9.17, 15) is 0 Å². The van der Waals surface area contributed by atoms with Crippen molar-refractivity contribution >= 4 is 5.65 Å². The minimum atomic E-state index is 0.00974. The van der Waals surface area contributed by atoms with Gasteiger partial charge >= 0.3 is 0 Å². The van der Waals surface area contributed by atoms with Crippen LogP contribution in [0.4, 0.5) is 0 Å². The van der Waals surface area contributed by atoms with Gasteiger partial charge in [-0.1, -0.05) is 26.0 Å². The summed E-state index contributed by atoms with van der Waals surface area (Å²) in [5.74, 6) is 1.39. The summed E-state index contributed by atoms with van der Waals surface area (Å²) in [5.41, 5.74) is 2.92. The fourth-order valence-electron chi connectivity index (χ4n) is 3.51. The van der Waals surface area contributed by atoms with Crippen LogP contribution in [0.1, 0.15) is 56.7 Å². The maximum absolute atomic E-state index is 4.83. The monoisotopic (exact) mass is 354 g/mol. The van der Waals surface area contributed by atoms with Gasteiger partial charge in [0.2, 0.25) is 0 Å². The van der Waals surface area contributed by atoms with Crippen LogP contribution in [0.3, 0.4) is 0 Å². The molecule has 8 heteroatoms. The van der Waals surface area contributed by atoms with Crippen LogP contribution in [0, 0.1) is 0 Å². The summed E-state index contributed by atoms with van der Waals surface area (Å²) < 4.78 is 3.70. The van der Waals surface area contributed by atoms with E-state index in [4.69, 9.17) is 5.10 Å². The summed E-state index contributed by atoms with van der Waals surface area (Å²) >= 11 is 0. The Labute approximate surface area is 153 Å². The number of rotatable bonds is 3. The number of hydrogen-bond donors (Lipinski definition) is 0. The molecule has 0 saturated carbocycles. The molecule has 0 N–H and O–H groups in total. The van der Waals surface area contributed by atoms with E-state index in [0.717, 1.165) is 55.3 Å². The molecule has 26 heavy (non-hydrogen) atoms. The predicted molar refractivity (Wildman–Crippen MR) is 97.7 cm³/mol. The molecular formula is C18H26N8. The molecule has 3 aromatic heterocycles. The van der Waals surface area contributed by atoms with Gasteiger partial charge in [-0.15, -0.1) is 15.3 Å². The van der Waals surface area contributed by atoms with Crippen LogP contribution < -0.4 is 0 Å². The highest BCUT2D eigenvalue weighted by molar-refractivity contribution is 5.37. The van der Waals surface area contributed by atoms with E-state index in [1.807, 2.05) is 23.8 Å². The molecule has 0 unspecified atom stereocenters. The Balaban J connectivity index is 1.49. The molecule has 3 aromatic rings. The van der Waals surface area contributed by atoms with Gasteiger partial charge < -0.3 is 0 Å². The van der Waals surface area contributed by atoms with Gasteiger partial charge in [-0.25, -0.2) is 0 Å². The molecule has 1 fully saturated rings. The first-order valence-corrected chi connectivity index (χ1v) is 9.20. The number of fused-ring (bicyclic) bond motifs is 1. The van der Waals surface area contributed by atoms with Crippen molar-refractivity contribution in [2.45, 2.75) is 51.5 Å². The van der Waals surface area contributed by atoms with Crippen molar-refractivity contribution < 1.29 is 0 Å². The number of hydrogen-bond acceptors (Lipinski definition) is 6. The Hall–Kier alpha value is -2.35. The van der Waals surface area contributed by atoms with Gasteiger partial charge in [0.1, 0.15) is 0 Å². The lowest BCUT2D eigenvalue weighted by Crippen LogP contribution is -2.33. The maximum Gasteiger partial charge on any atom is 0.177 e. The van der Waals surface area contributed by atoms with Crippen molar-refractivity contribution in [2.75, 3.05) is 13.1 Å². The van der Waals surface area contributed by atoms with Gasteiger partial charge in [0.05, 0.1) is 11.4 Å². The summed E-state index contributed by atoms with van der Waals surface area (Å²) in [6.07, 6.45) is 4.10. The highest BCUT2D eigenvalue weighted by atomic mass is 15.4. The Morgan fingerprint density at radius 2 is 1.85 bits per heavy atom. The van der Waals surface area contributed by atoms with Crippen molar-refractivity contribution in [3.63, 3.8) is 0 Å². The molecule has 1 aliphatic rings. The maximum atomic E-state index is 4.83. The molecule has 8 nitrogen and oxygen atoms in total. The third kappa shape index (κ3) is 3.33. The molecule has 4 rings (SSSR count). The summed E-state index contributed by atoms with van der Waals surface area (Å²) in [5, 5.41) is 21.8. The lowest BCUT2D eigenvalue weighted by atomic mass is 9.92. The Bertz CT molecular complexity index is 895. The van der Waals surface area contributed by atoms with Crippen molar-refractivity contribution in [2.24, 2.45) is 7.05 Å². The molecular weight excluding hydrogens is 328 g/mol. The fourth-order valence-corrected chi connectivity index (χ4v) is 3.51. The summed E-state index contributed by atoms with van der Waals surface area (Å²) in [4.78, 5) is 2.43. The number of aromatic nitrogens is 7. The summed E-state index contributed by atoms with van der Waals surface area (Å²) in [7, 11) is 1.90. The summed E-state index contributed by atoms with van der Waals surface area (Å²) in [6.45, 7) is 9.43. The van der Waals surface area contributed by atoms with Crippen LogP contribution >= 0.6 is 0 Å². The number of piperidine rings is 1. The van der Waals surface area contributed by atoms with E-state index in [0.29, 0.717) is 5.92 Å². The zero-order valence-electron chi connectivity index (χ0n) is 15.9. The zero-order valence-corrected chi connectivity index (χ0v) is 15.9. The first-order chi connectivity index (χ1) is 12.4. The van der Waals surface area contributed by atoms with Gasteiger partial charge in [0.25, 0.3) is 0 Å². The van der Waals surface area contributed by atoms with Crippen molar-refractivity contribution in [1.29, 1.82) is 0 Å². The topological polar surface area (TPSA) is 77.0 Å². The van der Waals surface area contributed by atoms with Gasteiger partial charge in [-0.05, 0) is 38.1 Å². The molecule has 0 aromatic carbocycles. The number of nitrogens with zero attached hydrogens (tertiary/aromatic N) is 8. The molecule has 0 aliphatic carbocycles. The minimum absolute atomic E-state index is 0.00974. The number of aryl methyl sites for hydroxylation is 1. The van der Waals surface area contributed by atoms with Gasteiger partial charge in [0.15, 0.2) is 11.5 Å². The number of likely N-dealkylation sites (tertiary alicyclic amines) is 1. The van der Waals surface area contributed by atoms with Crippen molar-refractivity contribution in [1.82, 2.24) is 39.7 Å². The van der Waals surface area contributed by atoms with Crippen LogP contribution in [-0.4, -0.2) is 52.8 Å². The molecule has 0 spiro atoms. The third-order valence-corrected chi connectivity index (χ3v) is 5.04. The van der Waals surface area contributed by atoms with Gasteiger partial charge in [-0.2, -0.15) is 9.61 Å². The normalized spacial score (nSPS) is 17.2. The van der Waals surface area contributed by atoms with Crippen LogP contribution in [0.2, 0.25) is 0 Å².